The maximum absolute atomic E-state index is 11.1. The molecule has 146 valence electrons. The van der Waals surface area contributed by atoms with Crippen LogP contribution >= 0.6 is 24.8 Å². The summed E-state index contributed by atoms with van der Waals surface area (Å²) >= 11 is 0. The van der Waals surface area contributed by atoms with Crippen LogP contribution in [0.4, 0.5) is 11.4 Å². The molecule has 8 heteroatoms. The molecule has 0 bridgehead atoms. The van der Waals surface area contributed by atoms with E-state index in [0.717, 1.165) is 47.9 Å². The summed E-state index contributed by atoms with van der Waals surface area (Å²) in [5.74, 6) is 0. The van der Waals surface area contributed by atoms with Crippen molar-refractivity contribution in [3.63, 3.8) is 0 Å². The first-order chi connectivity index (χ1) is 12.1. The van der Waals surface area contributed by atoms with Crippen LogP contribution in [0.15, 0.2) is 42.5 Å². The fourth-order valence-corrected chi connectivity index (χ4v) is 2.95. The number of non-ortho nitro benzene ring substituents is 1. The summed E-state index contributed by atoms with van der Waals surface area (Å²) in [5.41, 5.74) is 2.54. The number of aromatic nitrogens is 1. The van der Waals surface area contributed by atoms with E-state index in [2.05, 4.69) is 29.3 Å². The average Bonchev–Trinajstić information content (AvgIpc) is 2.59. The maximum atomic E-state index is 11.1. The molecule has 0 aliphatic rings. The van der Waals surface area contributed by atoms with Crippen LogP contribution in [0, 0.1) is 10.1 Å². The molecule has 0 atom stereocenters. The topological polar surface area (TPSA) is 71.3 Å². The van der Waals surface area contributed by atoms with Gasteiger partial charge in [-0.25, -0.2) is 4.98 Å². The SMILES string of the molecule is CN(C)CCCCNc1c2ccccc2nc2cc([N+](=O)[O-])ccc12.Cl.Cl. The number of rotatable bonds is 7. The number of para-hydroxylation sites is 1. The van der Waals surface area contributed by atoms with E-state index in [-0.39, 0.29) is 35.4 Å². The van der Waals surface area contributed by atoms with E-state index in [9.17, 15) is 10.1 Å². The Morgan fingerprint density at radius 2 is 1.74 bits per heavy atom. The smallest absolute Gasteiger partial charge is 0.271 e. The Balaban J connectivity index is 0.00000182. The number of nitrogens with zero attached hydrogens (tertiary/aromatic N) is 3. The summed E-state index contributed by atoms with van der Waals surface area (Å²) in [6.45, 7) is 1.92. The van der Waals surface area contributed by atoms with Crippen molar-refractivity contribution in [2.24, 2.45) is 0 Å². The van der Waals surface area contributed by atoms with Crippen molar-refractivity contribution in [1.29, 1.82) is 0 Å². The van der Waals surface area contributed by atoms with Crippen LogP contribution in [0.25, 0.3) is 21.8 Å². The second kappa shape index (κ2) is 10.3. The molecule has 0 saturated heterocycles. The minimum atomic E-state index is -0.384. The average molecular weight is 411 g/mol. The van der Waals surface area contributed by atoms with Crippen LogP contribution in [0.1, 0.15) is 12.8 Å². The molecule has 1 N–H and O–H groups in total. The van der Waals surface area contributed by atoms with Crippen molar-refractivity contribution in [2.45, 2.75) is 12.8 Å². The normalized spacial score (nSPS) is 10.5. The molecule has 0 radical (unpaired) electrons. The molecule has 27 heavy (non-hydrogen) atoms. The van der Waals surface area contributed by atoms with Gasteiger partial charge in [0.2, 0.25) is 0 Å². The quantitative estimate of drug-likeness (QED) is 0.259. The number of nitrogens with one attached hydrogen (secondary N) is 1. The molecule has 0 aliphatic heterocycles. The molecule has 0 saturated carbocycles. The predicted octanol–water partition coefficient (Wildman–Crippen LogP) is 4.89. The second-order valence-corrected chi connectivity index (χ2v) is 6.40. The second-order valence-electron chi connectivity index (χ2n) is 6.40. The Morgan fingerprint density at radius 1 is 1.04 bits per heavy atom. The lowest BCUT2D eigenvalue weighted by molar-refractivity contribution is -0.384. The summed E-state index contributed by atoms with van der Waals surface area (Å²) in [7, 11) is 4.15. The molecule has 1 aromatic heterocycles. The van der Waals surface area contributed by atoms with Gasteiger partial charge in [0.1, 0.15) is 0 Å². The highest BCUT2D eigenvalue weighted by Gasteiger charge is 2.12. The van der Waals surface area contributed by atoms with Gasteiger partial charge in [-0.2, -0.15) is 0 Å². The highest BCUT2D eigenvalue weighted by Crippen LogP contribution is 2.32. The monoisotopic (exact) mass is 410 g/mol. The Kier molecular flexibility index (Phi) is 8.69. The number of hydrogen-bond acceptors (Lipinski definition) is 5. The number of fused-ring (bicyclic) bond motifs is 2. The fraction of sp³-hybridized carbons (Fsp3) is 0.316. The van der Waals surface area contributed by atoms with Gasteiger partial charge in [-0.1, -0.05) is 18.2 Å². The third-order valence-corrected chi connectivity index (χ3v) is 4.21. The van der Waals surface area contributed by atoms with Crippen LogP contribution in [-0.2, 0) is 0 Å². The molecular formula is C19H24Cl2N4O2. The Bertz CT molecular complexity index is 919. The lowest BCUT2D eigenvalue weighted by atomic mass is 10.1. The van der Waals surface area contributed by atoms with Crippen LogP contribution in [0.3, 0.4) is 0 Å². The van der Waals surface area contributed by atoms with Crippen molar-refractivity contribution in [2.75, 3.05) is 32.5 Å². The first-order valence-electron chi connectivity index (χ1n) is 8.42. The summed E-state index contributed by atoms with van der Waals surface area (Å²) in [5, 5.41) is 16.5. The van der Waals surface area contributed by atoms with Gasteiger partial charge in [-0.3, -0.25) is 10.1 Å². The summed E-state index contributed by atoms with van der Waals surface area (Å²) in [6.07, 6.45) is 2.18. The van der Waals surface area contributed by atoms with E-state index < -0.39 is 0 Å². The minimum Gasteiger partial charge on any atom is -0.384 e. The van der Waals surface area contributed by atoms with E-state index in [4.69, 9.17) is 0 Å². The number of hydrogen-bond donors (Lipinski definition) is 1. The Morgan fingerprint density at radius 3 is 2.44 bits per heavy atom. The summed E-state index contributed by atoms with van der Waals surface area (Å²) in [4.78, 5) is 17.4. The first-order valence-corrected chi connectivity index (χ1v) is 8.42. The Hall–Kier alpha value is -2.15. The van der Waals surface area contributed by atoms with Crippen molar-refractivity contribution >= 4 is 58.0 Å². The summed E-state index contributed by atoms with van der Waals surface area (Å²) < 4.78 is 0. The predicted molar refractivity (Wildman–Crippen MR) is 117 cm³/mol. The van der Waals surface area contributed by atoms with Crippen LogP contribution in [0.2, 0.25) is 0 Å². The molecule has 0 spiro atoms. The van der Waals surface area contributed by atoms with E-state index in [1.165, 1.54) is 6.07 Å². The Labute approximate surface area is 170 Å². The lowest BCUT2D eigenvalue weighted by Gasteiger charge is -2.14. The maximum Gasteiger partial charge on any atom is 0.271 e. The van der Waals surface area contributed by atoms with Gasteiger partial charge < -0.3 is 10.2 Å². The molecule has 0 unspecified atom stereocenters. The zero-order chi connectivity index (χ0) is 17.8. The zero-order valence-electron chi connectivity index (χ0n) is 15.3. The van der Waals surface area contributed by atoms with Gasteiger partial charge in [0.05, 0.1) is 21.6 Å². The molecule has 0 amide bonds. The van der Waals surface area contributed by atoms with Gasteiger partial charge >= 0.3 is 0 Å². The molecule has 3 rings (SSSR count). The van der Waals surface area contributed by atoms with Gasteiger partial charge in [-0.15, -0.1) is 24.8 Å². The highest BCUT2D eigenvalue weighted by atomic mass is 35.5. The number of pyridine rings is 1. The van der Waals surface area contributed by atoms with Gasteiger partial charge in [0.25, 0.3) is 5.69 Å². The molecule has 0 fully saturated rings. The zero-order valence-corrected chi connectivity index (χ0v) is 17.0. The standard InChI is InChI=1S/C19H22N4O2.2ClH/c1-22(2)12-6-5-11-20-19-15-7-3-4-8-17(15)21-18-13-14(23(24)25)9-10-16(18)19;;/h3-4,7-10,13H,5-6,11-12H2,1-2H3,(H,20,21);2*1H. The van der Waals surface area contributed by atoms with Crippen molar-refractivity contribution in [3.05, 3.63) is 52.6 Å². The largest absolute Gasteiger partial charge is 0.384 e. The molecule has 1 heterocycles. The molecule has 6 nitrogen and oxygen atoms in total. The van der Waals surface area contributed by atoms with Crippen molar-refractivity contribution in [3.8, 4) is 0 Å². The van der Waals surface area contributed by atoms with Crippen LogP contribution in [0.5, 0.6) is 0 Å². The van der Waals surface area contributed by atoms with E-state index in [0.29, 0.717) is 5.52 Å². The van der Waals surface area contributed by atoms with Crippen LogP contribution < -0.4 is 5.32 Å². The highest BCUT2D eigenvalue weighted by molar-refractivity contribution is 6.07. The number of benzene rings is 2. The minimum absolute atomic E-state index is 0. The first kappa shape index (κ1) is 22.9. The third-order valence-electron chi connectivity index (χ3n) is 4.21. The van der Waals surface area contributed by atoms with Gasteiger partial charge in [0, 0.05) is 29.4 Å². The lowest BCUT2D eigenvalue weighted by Crippen LogP contribution is -2.14. The van der Waals surface area contributed by atoms with Gasteiger partial charge in [-0.05, 0) is 45.6 Å². The fourth-order valence-electron chi connectivity index (χ4n) is 2.95. The molecule has 3 aromatic rings. The number of nitro groups is 1. The molecule has 2 aromatic carbocycles. The molecule has 0 aliphatic carbocycles. The van der Waals surface area contributed by atoms with E-state index in [1.807, 2.05) is 24.3 Å². The third kappa shape index (κ3) is 5.42. The van der Waals surface area contributed by atoms with E-state index in [1.54, 1.807) is 12.1 Å². The molecular weight excluding hydrogens is 387 g/mol. The van der Waals surface area contributed by atoms with Gasteiger partial charge in [0.15, 0.2) is 0 Å². The number of nitro benzene ring substituents is 1. The van der Waals surface area contributed by atoms with E-state index >= 15 is 0 Å². The number of anilines is 1. The van der Waals surface area contributed by atoms with Crippen molar-refractivity contribution in [1.82, 2.24) is 9.88 Å². The van der Waals surface area contributed by atoms with Crippen molar-refractivity contribution < 1.29 is 4.92 Å². The number of unbranched alkanes of at least 4 members (excludes halogenated alkanes) is 1. The van der Waals surface area contributed by atoms with Crippen LogP contribution in [-0.4, -0.2) is 42.0 Å². The summed E-state index contributed by atoms with van der Waals surface area (Å²) in [6, 6.07) is 12.7. The number of halogens is 2.